The Hall–Kier alpha value is -0.870. The Kier molecular flexibility index (Phi) is 5.56. The van der Waals surface area contributed by atoms with Gasteiger partial charge in [-0.1, -0.05) is 54.9 Å². The summed E-state index contributed by atoms with van der Waals surface area (Å²) in [5.41, 5.74) is 3.12. The number of anilines is 1. The number of rotatable bonds is 4. The number of alkyl halides is 1. The fraction of sp³-hybridized carbons (Fsp3) is 0.533. The van der Waals surface area contributed by atoms with Crippen LogP contribution in [0.2, 0.25) is 0 Å². The summed E-state index contributed by atoms with van der Waals surface area (Å²) in [4.78, 5) is 13.7. The van der Waals surface area contributed by atoms with E-state index < -0.39 is 0 Å². The number of halogens is 1. The Bertz CT molecular complexity index is 452. The van der Waals surface area contributed by atoms with Gasteiger partial charge < -0.3 is 9.64 Å². The van der Waals surface area contributed by atoms with Crippen molar-refractivity contribution in [1.82, 2.24) is 0 Å². The fourth-order valence-corrected chi connectivity index (χ4v) is 2.46. The molecule has 106 valence electrons. The van der Waals surface area contributed by atoms with Crippen LogP contribution in [0.15, 0.2) is 18.2 Å². The summed E-state index contributed by atoms with van der Waals surface area (Å²) in [6.07, 6.45) is 0. The molecule has 1 amide bonds. The molecule has 0 saturated carbocycles. The van der Waals surface area contributed by atoms with Gasteiger partial charge in [0.2, 0.25) is 5.91 Å². The monoisotopic (exact) mass is 327 g/mol. The molecule has 0 unspecified atom stereocenters. The highest BCUT2D eigenvalue weighted by atomic mass is 79.9. The first kappa shape index (κ1) is 16.2. The number of benzene rings is 1. The zero-order valence-corrected chi connectivity index (χ0v) is 13.9. The van der Waals surface area contributed by atoms with E-state index >= 15 is 0 Å². The highest BCUT2D eigenvalue weighted by Gasteiger charge is 2.24. The van der Waals surface area contributed by atoms with Crippen molar-refractivity contribution >= 4 is 27.5 Å². The van der Waals surface area contributed by atoms with Crippen molar-refractivity contribution in [3.05, 3.63) is 29.3 Å². The summed E-state index contributed by atoms with van der Waals surface area (Å²) in [6, 6.07) is 6.10. The molecule has 3 nitrogen and oxygen atoms in total. The Balaban J connectivity index is 3.41. The van der Waals surface area contributed by atoms with Gasteiger partial charge in [-0.15, -0.1) is 0 Å². The Morgan fingerprint density at radius 2 is 2.00 bits per heavy atom. The van der Waals surface area contributed by atoms with Crippen molar-refractivity contribution < 1.29 is 9.53 Å². The highest BCUT2D eigenvalue weighted by Crippen LogP contribution is 2.34. The molecule has 0 bridgehead atoms. The van der Waals surface area contributed by atoms with Gasteiger partial charge in [0.05, 0.1) is 17.6 Å². The predicted octanol–water partition coefficient (Wildman–Crippen LogP) is 3.49. The van der Waals surface area contributed by atoms with Crippen LogP contribution in [0.4, 0.5) is 5.69 Å². The van der Waals surface area contributed by atoms with Gasteiger partial charge in [0.1, 0.15) is 0 Å². The van der Waals surface area contributed by atoms with Crippen molar-refractivity contribution in [3.8, 4) is 0 Å². The SMILES string of the molecule is COCc1cccc(C(C)(C)C)c1N(C)C(=O)CBr. The largest absolute Gasteiger partial charge is 0.380 e. The summed E-state index contributed by atoms with van der Waals surface area (Å²) >= 11 is 3.23. The Morgan fingerprint density at radius 1 is 1.37 bits per heavy atom. The molecule has 0 aliphatic heterocycles. The van der Waals surface area contributed by atoms with E-state index in [1.54, 1.807) is 12.0 Å². The van der Waals surface area contributed by atoms with Crippen LogP contribution in [0.25, 0.3) is 0 Å². The van der Waals surface area contributed by atoms with E-state index in [-0.39, 0.29) is 11.3 Å². The van der Waals surface area contributed by atoms with Crippen molar-refractivity contribution in [3.63, 3.8) is 0 Å². The normalized spacial score (nSPS) is 11.5. The van der Waals surface area contributed by atoms with Crippen LogP contribution in [0.3, 0.4) is 0 Å². The van der Waals surface area contributed by atoms with E-state index in [0.29, 0.717) is 11.9 Å². The van der Waals surface area contributed by atoms with Crippen LogP contribution in [0, 0.1) is 0 Å². The molecule has 0 atom stereocenters. The average molecular weight is 328 g/mol. The molecule has 0 heterocycles. The lowest BCUT2D eigenvalue weighted by Crippen LogP contribution is -2.31. The minimum absolute atomic E-state index is 0.0278. The van der Waals surface area contributed by atoms with Gasteiger partial charge in [-0.3, -0.25) is 4.79 Å². The standard InChI is InChI=1S/C15H22BrNO2/c1-15(2,3)12-8-6-7-11(10-19-5)14(12)17(4)13(18)9-16/h6-8H,9-10H2,1-5H3. The topological polar surface area (TPSA) is 29.5 Å². The summed E-state index contributed by atoms with van der Waals surface area (Å²) < 4.78 is 5.25. The molecule has 0 aliphatic carbocycles. The van der Waals surface area contributed by atoms with Crippen molar-refractivity contribution in [2.24, 2.45) is 0 Å². The third-order valence-corrected chi connectivity index (χ3v) is 3.53. The maximum atomic E-state index is 12.0. The smallest absolute Gasteiger partial charge is 0.237 e. The average Bonchev–Trinajstić information content (AvgIpc) is 2.36. The predicted molar refractivity (Wildman–Crippen MR) is 83.1 cm³/mol. The van der Waals surface area contributed by atoms with Crippen LogP contribution < -0.4 is 4.90 Å². The lowest BCUT2D eigenvalue weighted by Gasteiger charge is -2.29. The zero-order chi connectivity index (χ0) is 14.6. The lowest BCUT2D eigenvalue weighted by atomic mass is 9.84. The van der Waals surface area contributed by atoms with Crippen LogP contribution in [-0.4, -0.2) is 25.4 Å². The summed E-state index contributed by atoms with van der Waals surface area (Å²) in [5, 5.41) is 0.314. The first-order valence-corrected chi connectivity index (χ1v) is 7.39. The van der Waals surface area contributed by atoms with Crippen LogP contribution in [-0.2, 0) is 21.6 Å². The number of nitrogens with zero attached hydrogens (tertiary/aromatic N) is 1. The van der Waals surface area contributed by atoms with E-state index in [1.807, 2.05) is 19.2 Å². The molecule has 1 aromatic rings. The second-order valence-corrected chi connectivity index (χ2v) is 6.14. The zero-order valence-electron chi connectivity index (χ0n) is 12.3. The minimum atomic E-state index is -0.0278. The molecule has 0 spiro atoms. The van der Waals surface area contributed by atoms with Crippen molar-refractivity contribution in [2.75, 3.05) is 24.4 Å². The molecular weight excluding hydrogens is 306 g/mol. The molecule has 19 heavy (non-hydrogen) atoms. The minimum Gasteiger partial charge on any atom is -0.380 e. The molecule has 1 aromatic carbocycles. The van der Waals surface area contributed by atoms with E-state index in [2.05, 4.69) is 42.8 Å². The lowest BCUT2D eigenvalue weighted by molar-refractivity contribution is -0.115. The van der Waals surface area contributed by atoms with Gasteiger partial charge in [0.25, 0.3) is 0 Å². The summed E-state index contributed by atoms with van der Waals surface area (Å²) in [5.74, 6) is 0.0362. The molecule has 0 aromatic heterocycles. The number of ether oxygens (including phenoxy) is 1. The van der Waals surface area contributed by atoms with Gasteiger partial charge in [-0.2, -0.15) is 0 Å². The molecule has 0 fully saturated rings. The van der Waals surface area contributed by atoms with Gasteiger partial charge in [0, 0.05) is 19.7 Å². The van der Waals surface area contributed by atoms with E-state index in [1.165, 1.54) is 0 Å². The first-order chi connectivity index (χ1) is 8.82. The quantitative estimate of drug-likeness (QED) is 0.792. The highest BCUT2D eigenvalue weighted by molar-refractivity contribution is 9.09. The van der Waals surface area contributed by atoms with E-state index in [9.17, 15) is 4.79 Å². The first-order valence-electron chi connectivity index (χ1n) is 6.26. The maximum Gasteiger partial charge on any atom is 0.237 e. The number of carbonyl (C=O) groups excluding carboxylic acids is 1. The van der Waals surface area contributed by atoms with Crippen LogP contribution in [0.5, 0.6) is 0 Å². The summed E-state index contributed by atoms with van der Waals surface area (Å²) in [6.45, 7) is 6.94. The van der Waals surface area contributed by atoms with Gasteiger partial charge >= 0.3 is 0 Å². The number of hydrogen-bond donors (Lipinski definition) is 0. The Labute approximate surface area is 124 Å². The molecule has 0 radical (unpaired) electrons. The van der Waals surface area contributed by atoms with E-state index in [0.717, 1.165) is 16.8 Å². The van der Waals surface area contributed by atoms with Gasteiger partial charge in [0.15, 0.2) is 0 Å². The van der Waals surface area contributed by atoms with Crippen LogP contribution in [0.1, 0.15) is 31.9 Å². The van der Waals surface area contributed by atoms with Crippen molar-refractivity contribution in [1.29, 1.82) is 0 Å². The second kappa shape index (κ2) is 6.53. The number of hydrogen-bond acceptors (Lipinski definition) is 2. The van der Waals surface area contributed by atoms with Crippen LogP contribution >= 0.6 is 15.9 Å². The number of carbonyl (C=O) groups is 1. The number of amides is 1. The molecule has 4 heteroatoms. The van der Waals surface area contributed by atoms with Gasteiger partial charge in [-0.05, 0) is 11.0 Å². The molecular formula is C15H22BrNO2. The molecule has 1 rings (SSSR count). The third-order valence-electron chi connectivity index (χ3n) is 3.05. The molecule has 0 aliphatic rings. The number of methoxy groups -OCH3 is 1. The third kappa shape index (κ3) is 3.80. The van der Waals surface area contributed by atoms with E-state index in [4.69, 9.17) is 4.74 Å². The Morgan fingerprint density at radius 3 is 2.47 bits per heavy atom. The maximum absolute atomic E-state index is 12.0. The second-order valence-electron chi connectivity index (χ2n) is 5.58. The summed E-state index contributed by atoms with van der Waals surface area (Å²) in [7, 11) is 3.48. The van der Waals surface area contributed by atoms with Crippen molar-refractivity contribution in [2.45, 2.75) is 32.8 Å². The molecule has 0 saturated heterocycles. The van der Waals surface area contributed by atoms with Gasteiger partial charge in [-0.25, -0.2) is 0 Å². The fourth-order valence-electron chi connectivity index (χ4n) is 2.08. The molecule has 0 N–H and O–H groups in total. The number of para-hydroxylation sites is 1.